The van der Waals surface area contributed by atoms with Crippen molar-refractivity contribution in [2.45, 2.75) is 20.4 Å². The topological polar surface area (TPSA) is 48.0 Å². The molecule has 0 saturated carbocycles. The van der Waals surface area contributed by atoms with E-state index in [0.29, 0.717) is 17.1 Å². The van der Waals surface area contributed by atoms with Crippen molar-refractivity contribution >= 4 is 17.5 Å². The minimum Gasteiger partial charge on any atom is -0.366 e. The highest BCUT2D eigenvalue weighted by atomic mass is 35.5. The van der Waals surface area contributed by atoms with Crippen LogP contribution < -0.4 is 5.73 Å². The van der Waals surface area contributed by atoms with Gasteiger partial charge in [0.05, 0.1) is 5.56 Å². The van der Waals surface area contributed by atoms with Crippen molar-refractivity contribution in [3.8, 4) is 11.3 Å². The van der Waals surface area contributed by atoms with Gasteiger partial charge in [-0.2, -0.15) is 0 Å². The molecule has 0 aliphatic carbocycles. The predicted octanol–water partition coefficient (Wildman–Crippen LogP) is 4.57. The van der Waals surface area contributed by atoms with Gasteiger partial charge in [-0.25, -0.2) is 0 Å². The lowest BCUT2D eigenvalue weighted by Crippen LogP contribution is -2.13. The average Bonchev–Trinajstić information content (AvgIpc) is 2.88. The zero-order valence-corrected chi connectivity index (χ0v) is 14.5. The molecule has 4 heteroatoms. The molecule has 2 aromatic carbocycles. The van der Waals surface area contributed by atoms with E-state index in [9.17, 15) is 4.79 Å². The van der Waals surface area contributed by atoms with E-state index in [1.807, 2.05) is 49.4 Å². The van der Waals surface area contributed by atoms with Gasteiger partial charge in [0.15, 0.2) is 0 Å². The monoisotopic (exact) mass is 338 g/mol. The summed E-state index contributed by atoms with van der Waals surface area (Å²) in [6, 6.07) is 17.7. The Bertz CT molecular complexity index is 895. The fraction of sp³-hybridized carbons (Fsp3) is 0.150. The smallest absolute Gasteiger partial charge is 0.250 e. The lowest BCUT2D eigenvalue weighted by molar-refractivity contribution is 0.0999. The molecule has 0 aliphatic heterocycles. The van der Waals surface area contributed by atoms with Crippen LogP contribution in [0.1, 0.15) is 27.2 Å². The fourth-order valence-corrected chi connectivity index (χ4v) is 3.04. The molecule has 24 heavy (non-hydrogen) atoms. The average molecular weight is 339 g/mol. The van der Waals surface area contributed by atoms with Gasteiger partial charge in [0.25, 0.3) is 5.91 Å². The minimum absolute atomic E-state index is 0.411. The van der Waals surface area contributed by atoms with Crippen LogP contribution in [0.4, 0.5) is 0 Å². The lowest BCUT2D eigenvalue weighted by atomic mass is 10.1. The van der Waals surface area contributed by atoms with Crippen LogP contribution in [-0.2, 0) is 6.54 Å². The summed E-state index contributed by atoms with van der Waals surface area (Å²) >= 11 is 6.00. The largest absolute Gasteiger partial charge is 0.366 e. The number of aryl methyl sites for hydroxylation is 1. The van der Waals surface area contributed by atoms with Crippen molar-refractivity contribution in [1.29, 1.82) is 0 Å². The molecule has 0 radical (unpaired) electrons. The highest BCUT2D eigenvalue weighted by molar-refractivity contribution is 6.30. The van der Waals surface area contributed by atoms with Gasteiger partial charge in [0.2, 0.25) is 0 Å². The van der Waals surface area contributed by atoms with Crippen LogP contribution in [0.3, 0.4) is 0 Å². The van der Waals surface area contributed by atoms with Gasteiger partial charge in [-0.1, -0.05) is 48.0 Å². The zero-order chi connectivity index (χ0) is 17.3. The van der Waals surface area contributed by atoms with Crippen LogP contribution in [0, 0.1) is 13.8 Å². The number of aromatic nitrogens is 1. The number of primary amides is 1. The molecule has 3 nitrogen and oxygen atoms in total. The Morgan fingerprint density at radius 1 is 1.08 bits per heavy atom. The number of nitrogens with two attached hydrogens (primary N) is 1. The maximum Gasteiger partial charge on any atom is 0.250 e. The van der Waals surface area contributed by atoms with Gasteiger partial charge < -0.3 is 10.3 Å². The highest BCUT2D eigenvalue weighted by Crippen LogP contribution is 2.28. The van der Waals surface area contributed by atoms with Gasteiger partial charge in [-0.05, 0) is 48.7 Å². The van der Waals surface area contributed by atoms with Crippen molar-refractivity contribution in [3.63, 3.8) is 0 Å². The van der Waals surface area contributed by atoms with Crippen molar-refractivity contribution in [3.05, 3.63) is 82.0 Å². The maximum atomic E-state index is 11.8. The molecule has 1 amide bonds. The second-order valence-electron chi connectivity index (χ2n) is 5.91. The Balaban J connectivity index is 2.14. The van der Waals surface area contributed by atoms with Crippen LogP contribution in [0.25, 0.3) is 11.3 Å². The SMILES string of the molecule is Cc1ccccc1Cn1c(-c2ccc(Cl)cc2)cc(C(N)=O)c1C. The highest BCUT2D eigenvalue weighted by Gasteiger charge is 2.17. The molecule has 0 bridgehead atoms. The van der Waals surface area contributed by atoms with E-state index >= 15 is 0 Å². The number of carbonyl (C=O) groups is 1. The molecular formula is C20H19ClN2O. The van der Waals surface area contributed by atoms with Crippen LogP contribution in [0.15, 0.2) is 54.6 Å². The Kier molecular flexibility index (Phi) is 4.45. The van der Waals surface area contributed by atoms with Crippen molar-refractivity contribution in [2.24, 2.45) is 5.73 Å². The Morgan fingerprint density at radius 3 is 2.38 bits per heavy atom. The lowest BCUT2D eigenvalue weighted by Gasteiger charge is -2.14. The van der Waals surface area contributed by atoms with Crippen molar-refractivity contribution < 1.29 is 4.79 Å². The first-order valence-corrected chi connectivity index (χ1v) is 8.15. The van der Waals surface area contributed by atoms with Crippen LogP contribution in [0.2, 0.25) is 5.02 Å². The Labute approximate surface area is 146 Å². The molecule has 3 aromatic rings. The fourth-order valence-electron chi connectivity index (χ4n) is 2.92. The number of nitrogens with zero attached hydrogens (tertiary/aromatic N) is 1. The number of amides is 1. The van der Waals surface area contributed by atoms with Gasteiger partial charge in [-0.15, -0.1) is 0 Å². The molecular weight excluding hydrogens is 320 g/mol. The zero-order valence-electron chi connectivity index (χ0n) is 13.7. The summed E-state index contributed by atoms with van der Waals surface area (Å²) in [6.45, 7) is 4.70. The molecule has 0 atom stereocenters. The van der Waals surface area contributed by atoms with Crippen molar-refractivity contribution in [2.75, 3.05) is 0 Å². The maximum absolute atomic E-state index is 11.8. The molecule has 0 fully saturated rings. The molecule has 3 rings (SSSR count). The molecule has 1 heterocycles. The molecule has 0 saturated heterocycles. The number of carbonyl (C=O) groups excluding carboxylic acids is 1. The van der Waals surface area contributed by atoms with E-state index in [0.717, 1.165) is 17.0 Å². The summed E-state index contributed by atoms with van der Waals surface area (Å²) in [5, 5.41) is 0.683. The molecule has 1 aromatic heterocycles. The third kappa shape index (κ3) is 3.08. The van der Waals surface area contributed by atoms with Gasteiger partial charge >= 0.3 is 0 Å². The Hall–Kier alpha value is -2.52. The summed E-state index contributed by atoms with van der Waals surface area (Å²) in [5.41, 5.74) is 11.4. The first kappa shape index (κ1) is 16.3. The minimum atomic E-state index is -0.411. The van der Waals surface area contributed by atoms with E-state index in [-0.39, 0.29) is 0 Å². The number of hydrogen-bond donors (Lipinski definition) is 1. The number of benzene rings is 2. The van der Waals surface area contributed by atoms with Crippen molar-refractivity contribution in [1.82, 2.24) is 4.57 Å². The van der Waals surface area contributed by atoms with Crippen LogP contribution in [-0.4, -0.2) is 10.5 Å². The third-order valence-corrected chi connectivity index (χ3v) is 4.61. The summed E-state index contributed by atoms with van der Waals surface area (Å²) in [5.74, 6) is -0.411. The summed E-state index contributed by atoms with van der Waals surface area (Å²) in [4.78, 5) is 11.8. The van der Waals surface area contributed by atoms with Crippen LogP contribution in [0.5, 0.6) is 0 Å². The number of hydrogen-bond acceptors (Lipinski definition) is 1. The molecule has 2 N–H and O–H groups in total. The molecule has 0 aliphatic rings. The molecule has 0 spiro atoms. The quantitative estimate of drug-likeness (QED) is 0.744. The van der Waals surface area contributed by atoms with E-state index in [2.05, 4.69) is 23.6 Å². The Morgan fingerprint density at radius 2 is 1.75 bits per heavy atom. The molecule has 122 valence electrons. The predicted molar refractivity (Wildman–Crippen MR) is 98.4 cm³/mol. The first-order valence-electron chi connectivity index (χ1n) is 7.77. The van der Waals surface area contributed by atoms with Gasteiger partial charge in [0, 0.05) is 23.0 Å². The summed E-state index contributed by atoms with van der Waals surface area (Å²) in [7, 11) is 0. The second-order valence-corrected chi connectivity index (χ2v) is 6.35. The van der Waals surface area contributed by atoms with E-state index in [1.54, 1.807) is 0 Å². The second kappa shape index (κ2) is 6.54. The summed E-state index contributed by atoms with van der Waals surface area (Å²) in [6.07, 6.45) is 0. The van der Waals surface area contributed by atoms with Gasteiger partial charge in [-0.3, -0.25) is 4.79 Å². The number of halogens is 1. The number of rotatable bonds is 4. The third-order valence-electron chi connectivity index (χ3n) is 4.36. The van der Waals surface area contributed by atoms with E-state index < -0.39 is 5.91 Å². The normalized spacial score (nSPS) is 10.8. The van der Waals surface area contributed by atoms with E-state index in [4.69, 9.17) is 17.3 Å². The van der Waals surface area contributed by atoms with Crippen LogP contribution >= 0.6 is 11.6 Å². The van der Waals surface area contributed by atoms with Gasteiger partial charge in [0.1, 0.15) is 0 Å². The van der Waals surface area contributed by atoms with E-state index in [1.165, 1.54) is 11.1 Å². The summed E-state index contributed by atoms with van der Waals surface area (Å²) < 4.78 is 2.13. The molecule has 0 unspecified atom stereocenters. The first-order chi connectivity index (χ1) is 11.5. The standard InChI is InChI=1S/C20H19ClN2O/c1-13-5-3-4-6-16(13)12-23-14(2)18(20(22)24)11-19(23)15-7-9-17(21)10-8-15/h3-11H,12H2,1-2H3,(H2,22,24).